The van der Waals surface area contributed by atoms with Crippen LogP contribution in [-0.2, 0) is 19.7 Å². The molecule has 0 atom stereocenters. The van der Waals surface area contributed by atoms with Gasteiger partial charge in [0.1, 0.15) is 6.61 Å². The van der Waals surface area contributed by atoms with Crippen LogP contribution in [0.2, 0.25) is 0 Å². The van der Waals surface area contributed by atoms with Crippen molar-refractivity contribution >= 4 is 17.2 Å². The molecule has 6 nitrogen and oxygen atoms in total. The molecule has 1 N–H and O–H groups in total. The average Bonchev–Trinajstić information content (AvgIpc) is 3.37. The Balaban J connectivity index is 1.29. The first-order valence-electron chi connectivity index (χ1n) is 11.4. The Bertz CT molecular complexity index is 1030. The Morgan fingerprint density at radius 3 is 2.58 bits per heavy atom. The number of likely N-dealkylation sites (tertiary alicyclic amines) is 1. The van der Waals surface area contributed by atoms with E-state index in [9.17, 15) is 4.79 Å². The molecule has 0 aliphatic carbocycles. The lowest BCUT2D eigenvalue weighted by Gasteiger charge is -2.30. The van der Waals surface area contributed by atoms with E-state index in [2.05, 4.69) is 46.4 Å². The average molecular weight is 466 g/mol. The van der Waals surface area contributed by atoms with Crippen molar-refractivity contribution < 1.29 is 14.3 Å². The third kappa shape index (κ3) is 6.55. The number of benzene rings is 2. The fourth-order valence-corrected chi connectivity index (χ4v) is 4.46. The molecule has 1 aromatic heterocycles. The number of rotatable bonds is 9. The SMILES string of the molecule is COc1cc(C(=O)NCc2ccc(CN3CCC(C)CC3)cc2)ccc1OCc1cscn1. The minimum absolute atomic E-state index is 0.147. The minimum Gasteiger partial charge on any atom is -0.493 e. The third-order valence-corrected chi connectivity index (χ3v) is 6.68. The predicted molar refractivity (Wildman–Crippen MR) is 131 cm³/mol. The van der Waals surface area contributed by atoms with Gasteiger partial charge in [0.15, 0.2) is 11.5 Å². The highest BCUT2D eigenvalue weighted by atomic mass is 32.1. The van der Waals surface area contributed by atoms with E-state index in [0.717, 1.165) is 23.7 Å². The van der Waals surface area contributed by atoms with Crippen molar-refractivity contribution in [3.63, 3.8) is 0 Å². The van der Waals surface area contributed by atoms with E-state index in [4.69, 9.17) is 9.47 Å². The smallest absolute Gasteiger partial charge is 0.251 e. The zero-order valence-electron chi connectivity index (χ0n) is 19.3. The van der Waals surface area contributed by atoms with Crippen LogP contribution in [0.15, 0.2) is 53.4 Å². The summed E-state index contributed by atoms with van der Waals surface area (Å²) in [7, 11) is 1.57. The van der Waals surface area contributed by atoms with Gasteiger partial charge in [0.05, 0.1) is 18.3 Å². The molecule has 0 bridgehead atoms. The molecule has 7 heteroatoms. The van der Waals surface area contributed by atoms with E-state index in [-0.39, 0.29) is 5.91 Å². The number of carbonyl (C=O) groups excluding carboxylic acids is 1. The van der Waals surface area contributed by atoms with Crippen LogP contribution in [0.25, 0.3) is 0 Å². The van der Waals surface area contributed by atoms with Crippen molar-refractivity contribution in [2.75, 3.05) is 20.2 Å². The van der Waals surface area contributed by atoms with Gasteiger partial charge in [-0.25, -0.2) is 4.98 Å². The summed E-state index contributed by atoms with van der Waals surface area (Å²) in [4.78, 5) is 19.4. The van der Waals surface area contributed by atoms with Crippen molar-refractivity contribution in [3.8, 4) is 11.5 Å². The molecule has 1 aliphatic rings. The first-order valence-corrected chi connectivity index (χ1v) is 12.3. The molecular formula is C26H31N3O3S. The number of aromatic nitrogens is 1. The molecular weight excluding hydrogens is 434 g/mol. The van der Waals surface area contributed by atoms with Gasteiger partial charge in [0, 0.05) is 24.0 Å². The number of carbonyl (C=O) groups is 1. The molecule has 2 heterocycles. The first-order chi connectivity index (χ1) is 16.1. The number of nitrogens with one attached hydrogen (secondary N) is 1. The molecule has 1 amide bonds. The minimum atomic E-state index is -0.147. The highest BCUT2D eigenvalue weighted by Crippen LogP contribution is 2.29. The standard InChI is InChI=1S/C26H31N3O3S/c1-19-9-11-29(12-10-19)15-21-5-3-20(4-6-21)14-27-26(30)22-7-8-24(25(13-22)31-2)32-16-23-17-33-18-28-23/h3-8,13,17-19H,9-12,14-16H2,1-2H3,(H,27,30). The van der Waals surface area contributed by atoms with Crippen molar-refractivity contribution in [3.05, 3.63) is 75.7 Å². The summed E-state index contributed by atoms with van der Waals surface area (Å²) in [5.41, 5.74) is 5.56. The number of amides is 1. The lowest BCUT2D eigenvalue weighted by molar-refractivity contribution is 0.0950. The van der Waals surface area contributed by atoms with E-state index in [1.54, 1.807) is 30.8 Å². The summed E-state index contributed by atoms with van der Waals surface area (Å²) in [6.45, 7) is 6.52. The summed E-state index contributed by atoms with van der Waals surface area (Å²) in [6.07, 6.45) is 2.57. The Morgan fingerprint density at radius 1 is 1.12 bits per heavy atom. The molecule has 33 heavy (non-hydrogen) atoms. The number of hydrogen-bond donors (Lipinski definition) is 1. The maximum atomic E-state index is 12.7. The lowest BCUT2D eigenvalue weighted by Crippen LogP contribution is -2.32. The van der Waals surface area contributed by atoms with Crippen LogP contribution in [-0.4, -0.2) is 36.0 Å². The van der Waals surface area contributed by atoms with Gasteiger partial charge in [-0.2, -0.15) is 0 Å². The van der Waals surface area contributed by atoms with Crippen molar-refractivity contribution in [2.45, 2.75) is 39.5 Å². The molecule has 174 valence electrons. The van der Waals surface area contributed by atoms with Crippen LogP contribution >= 0.6 is 11.3 Å². The van der Waals surface area contributed by atoms with E-state index in [0.29, 0.717) is 30.2 Å². The maximum absolute atomic E-state index is 12.7. The lowest BCUT2D eigenvalue weighted by atomic mass is 9.99. The molecule has 4 rings (SSSR count). The fourth-order valence-electron chi connectivity index (χ4n) is 3.91. The summed E-state index contributed by atoms with van der Waals surface area (Å²) >= 11 is 1.53. The van der Waals surface area contributed by atoms with E-state index in [1.165, 1.54) is 42.8 Å². The molecule has 1 saturated heterocycles. The Morgan fingerprint density at radius 2 is 1.88 bits per heavy atom. The number of piperidine rings is 1. The third-order valence-electron chi connectivity index (χ3n) is 6.04. The van der Waals surface area contributed by atoms with Gasteiger partial charge >= 0.3 is 0 Å². The Labute approximate surface area is 199 Å². The molecule has 0 unspecified atom stereocenters. The second-order valence-corrected chi connectivity index (χ2v) is 9.31. The van der Waals surface area contributed by atoms with Gasteiger partial charge in [-0.1, -0.05) is 31.2 Å². The van der Waals surface area contributed by atoms with E-state index >= 15 is 0 Å². The number of methoxy groups -OCH3 is 1. The van der Waals surface area contributed by atoms with Gasteiger partial charge in [0.25, 0.3) is 5.91 Å². The molecule has 0 radical (unpaired) electrons. The van der Waals surface area contributed by atoms with Gasteiger partial charge in [0.2, 0.25) is 0 Å². The largest absolute Gasteiger partial charge is 0.493 e. The Kier molecular flexibility index (Phi) is 7.96. The van der Waals surface area contributed by atoms with Gasteiger partial charge in [-0.3, -0.25) is 9.69 Å². The molecule has 3 aromatic rings. The highest BCUT2D eigenvalue weighted by molar-refractivity contribution is 7.07. The summed E-state index contributed by atoms with van der Waals surface area (Å²) < 4.78 is 11.2. The van der Waals surface area contributed by atoms with Crippen LogP contribution < -0.4 is 14.8 Å². The first kappa shape index (κ1) is 23.3. The van der Waals surface area contributed by atoms with Gasteiger partial charge in [-0.05, 0) is 61.2 Å². The van der Waals surface area contributed by atoms with Crippen molar-refractivity contribution in [1.82, 2.24) is 15.2 Å². The summed E-state index contributed by atoms with van der Waals surface area (Å²) in [5, 5.41) is 4.93. The van der Waals surface area contributed by atoms with Crippen LogP contribution in [0.4, 0.5) is 0 Å². The topological polar surface area (TPSA) is 63.7 Å². The molecule has 2 aromatic carbocycles. The monoisotopic (exact) mass is 465 g/mol. The zero-order chi connectivity index (χ0) is 23.0. The van der Waals surface area contributed by atoms with E-state index in [1.807, 2.05) is 5.38 Å². The predicted octanol–water partition coefficient (Wildman–Crippen LogP) is 4.89. The van der Waals surface area contributed by atoms with E-state index < -0.39 is 0 Å². The summed E-state index contributed by atoms with van der Waals surface area (Å²) in [5.74, 6) is 1.81. The van der Waals surface area contributed by atoms with Crippen LogP contribution in [0.5, 0.6) is 11.5 Å². The van der Waals surface area contributed by atoms with Gasteiger partial charge in [-0.15, -0.1) is 11.3 Å². The second-order valence-electron chi connectivity index (χ2n) is 8.59. The number of ether oxygens (including phenoxy) is 2. The van der Waals surface area contributed by atoms with Crippen LogP contribution in [0.3, 0.4) is 0 Å². The normalized spacial score (nSPS) is 14.7. The zero-order valence-corrected chi connectivity index (χ0v) is 20.1. The number of nitrogens with zero attached hydrogens (tertiary/aromatic N) is 2. The van der Waals surface area contributed by atoms with Crippen molar-refractivity contribution in [1.29, 1.82) is 0 Å². The second kappa shape index (κ2) is 11.3. The molecule has 0 saturated carbocycles. The quantitative estimate of drug-likeness (QED) is 0.487. The highest BCUT2D eigenvalue weighted by Gasteiger charge is 2.16. The molecule has 1 aliphatic heterocycles. The summed E-state index contributed by atoms with van der Waals surface area (Å²) in [6, 6.07) is 13.7. The Hall–Kier alpha value is -2.90. The van der Waals surface area contributed by atoms with Crippen molar-refractivity contribution in [2.24, 2.45) is 5.92 Å². The maximum Gasteiger partial charge on any atom is 0.251 e. The van der Waals surface area contributed by atoms with Crippen LogP contribution in [0, 0.1) is 5.92 Å². The fraction of sp³-hybridized carbons (Fsp3) is 0.385. The van der Waals surface area contributed by atoms with Crippen LogP contribution in [0.1, 0.15) is 46.9 Å². The molecule has 0 spiro atoms. The molecule has 1 fully saturated rings. The number of hydrogen-bond acceptors (Lipinski definition) is 6. The number of thiazole rings is 1. The van der Waals surface area contributed by atoms with Gasteiger partial charge < -0.3 is 14.8 Å².